The first-order valence-corrected chi connectivity index (χ1v) is 8.49. The molecule has 0 aromatic heterocycles. The third kappa shape index (κ3) is 4.11. The number of halogens is 3. The van der Waals surface area contributed by atoms with Crippen LogP contribution in [0.3, 0.4) is 0 Å². The molecule has 0 spiro atoms. The van der Waals surface area contributed by atoms with Crippen LogP contribution in [0.25, 0.3) is 0 Å². The summed E-state index contributed by atoms with van der Waals surface area (Å²) in [4.78, 5) is -0.899. The average Bonchev–Trinajstić information content (AvgIpc) is 2.53. The molecule has 7 heteroatoms. The van der Waals surface area contributed by atoms with Gasteiger partial charge in [0.1, 0.15) is 4.90 Å². The van der Waals surface area contributed by atoms with Gasteiger partial charge in [-0.2, -0.15) is 0 Å². The maximum atomic E-state index is 13.6. The van der Waals surface area contributed by atoms with Crippen LogP contribution in [0.5, 0.6) is 0 Å². The molecule has 2 aromatic carbocycles. The summed E-state index contributed by atoms with van der Waals surface area (Å²) in [7, 11) is -4.24. The van der Waals surface area contributed by atoms with Crippen LogP contribution >= 0.6 is 0 Å². The molecule has 0 fully saturated rings. The van der Waals surface area contributed by atoms with Crippen molar-refractivity contribution in [1.29, 1.82) is 0 Å². The highest BCUT2D eigenvalue weighted by Gasteiger charge is 2.23. The Balaban J connectivity index is 2.04. The lowest BCUT2D eigenvalue weighted by atomic mass is 9.98. The van der Waals surface area contributed by atoms with Crippen LogP contribution in [0.4, 0.5) is 13.2 Å². The molecule has 0 radical (unpaired) electrons. The Morgan fingerprint density at radius 3 is 2.30 bits per heavy atom. The Morgan fingerprint density at radius 1 is 1.00 bits per heavy atom. The smallest absolute Gasteiger partial charge is 0.211 e. The van der Waals surface area contributed by atoms with Gasteiger partial charge in [-0.05, 0) is 30.0 Å². The normalized spacial score (nSPS) is 13.0. The number of sulfonamides is 1. The molecule has 0 bridgehead atoms. The highest BCUT2D eigenvalue weighted by Crippen LogP contribution is 2.21. The minimum absolute atomic E-state index is 0.0524. The van der Waals surface area contributed by atoms with Gasteiger partial charge in [0.2, 0.25) is 10.0 Å². The van der Waals surface area contributed by atoms with Gasteiger partial charge in [-0.15, -0.1) is 0 Å². The first-order chi connectivity index (χ1) is 10.8. The van der Waals surface area contributed by atoms with Gasteiger partial charge in [0.15, 0.2) is 17.5 Å². The Hall–Kier alpha value is -1.86. The lowest BCUT2D eigenvalue weighted by Gasteiger charge is -2.13. The largest absolute Gasteiger partial charge is 0.243 e. The number of rotatable bonds is 6. The fraction of sp³-hybridized carbons (Fsp3) is 0.250. The monoisotopic (exact) mass is 343 g/mol. The SMILES string of the molecule is CC(CCNS(=O)(=O)c1ccc(F)c(F)c1F)c1ccccc1. The van der Waals surface area contributed by atoms with E-state index in [1.54, 1.807) is 0 Å². The first-order valence-electron chi connectivity index (χ1n) is 7.01. The summed E-state index contributed by atoms with van der Waals surface area (Å²) < 4.78 is 65.8. The van der Waals surface area contributed by atoms with Crippen molar-refractivity contribution in [2.75, 3.05) is 6.54 Å². The van der Waals surface area contributed by atoms with Gasteiger partial charge in [-0.3, -0.25) is 0 Å². The fourth-order valence-corrected chi connectivity index (χ4v) is 3.27. The van der Waals surface area contributed by atoms with Crippen LogP contribution < -0.4 is 4.72 Å². The molecule has 0 saturated heterocycles. The number of nitrogens with one attached hydrogen (secondary N) is 1. The van der Waals surface area contributed by atoms with E-state index < -0.39 is 32.4 Å². The van der Waals surface area contributed by atoms with Crippen molar-refractivity contribution >= 4 is 10.0 Å². The van der Waals surface area contributed by atoms with Crippen molar-refractivity contribution in [2.45, 2.75) is 24.2 Å². The van der Waals surface area contributed by atoms with Crippen molar-refractivity contribution < 1.29 is 21.6 Å². The van der Waals surface area contributed by atoms with Crippen LogP contribution in [-0.4, -0.2) is 15.0 Å². The Bertz CT molecular complexity index is 779. The lowest BCUT2D eigenvalue weighted by molar-refractivity contribution is 0.431. The van der Waals surface area contributed by atoms with Crippen LogP contribution in [0.2, 0.25) is 0 Å². The molecule has 0 heterocycles. The molecular weight excluding hydrogens is 327 g/mol. The predicted molar refractivity (Wildman–Crippen MR) is 81.0 cm³/mol. The van der Waals surface area contributed by atoms with Crippen LogP contribution in [-0.2, 0) is 10.0 Å². The second kappa shape index (κ2) is 7.14. The second-order valence-corrected chi connectivity index (χ2v) is 6.91. The average molecular weight is 343 g/mol. The molecule has 1 N–H and O–H groups in total. The molecule has 0 aliphatic rings. The Labute approximate surface area is 133 Å². The molecule has 2 aromatic rings. The van der Waals surface area contributed by atoms with Crippen LogP contribution in [0, 0.1) is 17.5 Å². The summed E-state index contributed by atoms with van der Waals surface area (Å²) in [6, 6.07) is 10.8. The van der Waals surface area contributed by atoms with E-state index in [4.69, 9.17) is 0 Å². The van der Waals surface area contributed by atoms with Gasteiger partial charge < -0.3 is 0 Å². The number of hydrogen-bond donors (Lipinski definition) is 1. The fourth-order valence-electron chi connectivity index (χ4n) is 2.15. The van der Waals surface area contributed by atoms with E-state index in [0.29, 0.717) is 18.6 Å². The zero-order valence-corrected chi connectivity index (χ0v) is 13.2. The topological polar surface area (TPSA) is 46.2 Å². The summed E-state index contributed by atoms with van der Waals surface area (Å²) in [6.45, 7) is 1.98. The van der Waals surface area contributed by atoms with Crippen molar-refractivity contribution in [1.82, 2.24) is 4.72 Å². The second-order valence-electron chi connectivity index (χ2n) is 5.17. The molecule has 23 heavy (non-hydrogen) atoms. The predicted octanol–water partition coefficient (Wildman–Crippen LogP) is 3.58. The quantitative estimate of drug-likeness (QED) is 0.815. The highest BCUT2D eigenvalue weighted by atomic mass is 32.2. The lowest BCUT2D eigenvalue weighted by Crippen LogP contribution is -2.27. The maximum Gasteiger partial charge on any atom is 0.243 e. The molecule has 2 rings (SSSR count). The molecule has 0 amide bonds. The van der Waals surface area contributed by atoms with Gasteiger partial charge in [0.05, 0.1) is 0 Å². The molecule has 0 saturated carbocycles. The van der Waals surface area contributed by atoms with E-state index >= 15 is 0 Å². The summed E-state index contributed by atoms with van der Waals surface area (Å²) in [6.07, 6.45) is 0.481. The maximum absolute atomic E-state index is 13.6. The van der Waals surface area contributed by atoms with Gasteiger partial charge in [-0.1, -0.05) is 37.3 Å². The van der Waals surface area contributed by atoms with E-state index in [2.05, 4.69) is 4.72 Å². The highest BCUT2D eigenvalue weighted by molar-refractivity contribution is 7.89. The Kier molecular flexibility index (Phi) is 5.43. The summed E-state index contributed by atoms with van der Waals surface area (Å²) in [5.41, 5.74) is 1.05. The standard InChI is InChI=1S/C16H16F3NO2S/c1-11(12-5-3-2-4-6-12)9-10-20-23(21,22)14-8-7-13(17)15(18)16(14)19/h2-8,11,20H,9-10H2,1H3. The third-order valence-corrected chi connectivity index (χ3v) is 5.01. The molecule has 0 aliphatic carbocycles. The van der Waals surface area contributed by atoms with Crippen molar-refractivity contribution in [3.8, 4) is 0 Å². The molecular formula is C16H16F3NO2S. The molecule has 0 aliphatic heterocycles. The van der Waals surface area contributed by atoms with Crippen molar-refractivity contribution in [2.24, 2.45) is 0 Å². The van der Waals surface area contributed by atoms with E-state index in [-0.39, 0.29) is 12.5 Å². The first kappa shape index (κ1) is 17.5. The summed E-state index contributed by atoms with van der Waals surface area (Å²) in [5, 5.41) is 0. The van der Waals surface area contributed by atoms with Gasteiger partial charge in [0.25, 0.3) is 0 Å². The minimum atomic E-state index is -4.24. The van der Waals surface area contributed by atoms with Gasteiger partial charge >= 0.3 is 0 Å². The third-order valence-electron chi connectivity index (χ3n) is 3.53. The van der Waals surface area contributed by atoms with E-state index in [9.17, 15) is 21.6 Å². The molecule has 3 nitrogen and oxygen atoms in total. The van der Waals surface area contributed by atoms with E-state index in [0.717, 1.165) is 5.56 Å². The molecule has 124 valence electrons. The number of benzene rings is 2. The van der Waals surface area contributed by atoms with Crippen molar-refractivity contribution in [3.05, 3.63) is 65.5 Å². The summed E-state index contributed by atoms with van der Waals surface area (Å²) >= 11 is 0. The van der Waals surface area contributed by atoms with E-state index in [1.165, 1.54) is 0 Å². The molecule has 1 unspecified atom stereocenters. The van der Waals surface area contributed by atoms with Gasteiger partial charge in [-0.25, -0.2) is 26.3 Å². The van der Waals surface area contributed by atoms with Crippen LogP contribution in [0.15, 0.2) is 47.4 Å². The van der Waals surface area contributed by atoms with Crippen molar-refractivity contribution in [3.63, 3.8) is 0 Å². The minimum Gasteiger partial charge on any atom is -0.211 e. The zero-order chi connectivity index (χ0) is 17.0. The van der Waals surface area contributed by atoms with Crippen LogP contribution in [0.1, 0.15) is 24.8 Å². The molecule has 1 atom stereocenters. The van der Waals surface area contributed by atoms with E-state index in [1.807, 2.05) is 37.3 Å². The summed E-state index contributed by atoms with van der Waals surface area (Å²) in [5.74, 6) is -4.85. The number of hydrogen-bond acceptors (Lipinski definition) is 2. The zero-order valence-electron chi connectivity index (χ0n) is 12.4. The Morgan fingerprint density at radius 2 is 1.65 bits per heavy atom. The van der Waals surface area contributed by atoms with Gasteiger partial charge in [0, 0.05) is 6.54 Å².